The van der Waals surface area contributed by atoms with E-state index in [1.165, 1.54) is 18.6 Å². The summed E-state index contributed by atoms with van der Waals surface area (Å²) in [5, 5.41) is 9.94. The summed E-state index contributed by atoms with van der Waals surface area (Å²) >= 11 is 3.23. The first-order valence-electron chi connectivity index (χ1n) is 4.81. The minimum atomic E-state index is -0.881. The fraction of sp³-hybridized carbons (Fsp3) is 0.167. The summed E-state index contributed by atoms with van der Waals surface area (Å²) in [5.74, 6) is -0.412. The Morgan fingerprint density at radius 2 is 2.19 bits per heavy atom. The molecule has 0 saturated heterocycles. The molecular weight excluding hydrogens is 275 g/mol. The van der Waals surface area contributed by atoms with Crippen LogP contribution < -0.4 is 0 Å². The minimum absolute atomic E-state index is 0.281. The summed E-state index contributed by atoms with van der Waals surface area (Å²) in [6.07, 6.45) is 2.51. The van der Waals surface area contributed by atoms with Crippen LogP contribution in [0.15, 0.2) is 45.7 Å². The lowest BCUT2D eigenvalue weighted by Crippen LogP contribution is -2.04. The van der Waals surface area contributed by atoms with Crippen molar-refractivity contribution >= 4 is 15.9 Å². The summed E-state index contributed by atoms with van der Waals surface area (Å²) in [6, 6.07) is 6.38. The van der Waals surface area contributed by atoms with Crippen LogP contribution in [0.5, 0.6) is 0 Å². The molecule has 2 nitrogen and oxygen atoms in total. The SMILES string of the molecule is OC(Cc1ccoc1)c1c(F)cccc1Br. The van der Waals surface area contributed by atoms with Crippen LogP contribution >= 0.6 is 15.9 Å². The first kappa shape index (κ1) is 11.4. The van der Waals surface area contributed by atoms with Crippen LogP contribution in [0.4, 0.5) is 4.39 Å². The minimum Gasteiger partial charge on any atom is -0.472 e. The Hall–Kier alpha value is -1.13. The molecule has 1 heterocycles. The quantitative estimate of drug-likeness (QED) is 0.937. The lowest BCUT2D eigenvalue weighted by Gasteiger charge is -2.12. The van der Waals surface area contributed by atoms with Gasteiger partial charge in [-0.3, -0.25) is 0 Å². The number of aliphatic hydroxyl groups is 1. The van der Waals surface area contributed by atoms with Crippen molar-refractivity contribution in [2.45, 2.75) is 12.5 Å². The van der Waals surface area contributed by atoms with Gasteiger partial charge in [-0.2, -0.15) is 0 Å². The predicted octanol–water partition coefficient (Wildman–Crippen LogP) is 3.46. The van der Waals surface area contributed by atoms with Crippen LogP contribution in [0.3, 0.4) is 0 Å². The van der Waals surface area contributed by atoms with Crippen LogP contribution in [-0.4, -0.2) is 5.11 Å². The van der Waals surface area contributed by atoms with Crippen molar-refractivity contribution in [1.29, 1.82) is 0 Å². The van der Waals surface area contributed by atoms with Gasteiger partial charge in [0.25, 0.3) is 0 Å². The Kier molecular flexibility index (Phi) is 3.41. The van der Waals surface area contributed by atoms with E-state index in [1.54, 1.807) is 18.2 Å². The van der Waals surface area contributed by atoms with Crippen LogP contribution in [0.1, 0.15) is 17.2 Å². The van der Waals surface area contributed by atoms with Gasteiger partial charge in [0.1, 0.15) is 5.82 Å². The van der Waals surface area contributed by atoms with Crippen molar-refractivity contribution in [1.82, 2.24) is 0 Å². The molecule has 0 amide bonds. The maximum Gasteiger partial charge on any atom is 0.130 e. The third-order valence-corrected chi connectivity index (χ3v) is 3.03. The van der Waals surface area contributed by atoms with Gasteiger partial charge < -0.3 is 9.52 Å². The molecule has 4 heteroatoms. The lowest BCUT2D eigenvalue weighted by molar-refractivity contribution is 0.172. The van der Waals surface area contributed by atoms with Crippen LogP contribution in [0.25, 0.3) is 0 Å². The van der Waals surface area contributed by atoms with Gasteiger partial charge in [0.05, 0.1) is 18.6 Å². The molecule has 0 aliphatic rings. The Balaban J connectivity index is 2.24. The average molecular weight is 285 g/mol. The molecule has 1 N–H and O–H groups in total. The highest BCUT2D eigenvalue weighted by Gasteiger charge is 2.16. The van der Waals surface area contributed by atoms with Crippen molar-refractivity contribution in [2.75, 3.05) is 0 Å². The smallest absolute Gasteiger partial charge is 0.130 e. The number of aliphatic hydroxyl groups excluding tert-OH is 1. The second-order valence-corrected chi connectivity index (χ2v) is 4.34. The molecule has 0 fully saturated rings. The molecule has 0 aliphatic carbocycles. The number of benzene rings is 1. The van der Waals surface area contributed by atoms with E-state index in [4.69, 9.17) is 4.42 Å². The third kappa shape index (κ3) is 2.33. The van der Waals surface area contributed by atoms with Gasteiger partial charge >= 0.3 is 0 Å². The first-order valence-corrected chi connectivity index (χ1v) is 5.61. The molecule has 1 unspecified atom stereocenters. The Morgan fingerprint density at radius 1 is 1.38 bits per heavy atom. The third-order valence-electron chi connectivity index (χ3n) is 2.34. The highest BCUT2D eigenvalue weighted by molar-refractivity contribution is 9.10. The standard InChI is InChI=1S/C12H10BrFO2/c13-9-2-1-3-10(14)12(9)11(15)6-8-4-5-16-7-8/h1-5,7,11,15H,6H2. The fourth-order valence-electron chi connectivity index (χ4n) is 1.56. The average Bonchev–Trinajstić information content (AvgIpc) is 2.70. The van der Waals surface area contributed by atoms with Crippen LogP contribution in [0, 0.1) is 5.82 Å². The molecule has 2 aromatic rings. The van der Waals surface area contributed by atoms with E-state index in [-0.39, 0.29) is 5.56 Å². The molecule has 1 aromatic heterocycles. The molecule has 0 spiro atoms. The molecule has 84 valence electrons. The van der Waals surface area contributed by atoms with Crippen molar-refractivity contribution in [3.8, 4) is 0 Å². The zero-order valence-corrected chi connectivity index (χ0v) is 9.95. The number of hydrogen-bond donors (Lipinski definition) is 1. The number of rotatable bonds is 3. The van der Waals surface area contributed by atoms with Gasteiger partial charge in [0.15, 0.2) is 0 Å². The molecule has 16 heavy (non-hydrogen) atoms. The summed E-state index contributed by atoms with van der Waals surface area (Å²) in [4.78, 5) is 0. The van der Waals surface area contributed by atoms with Gasteiger partial charge in [-0.05, 0) is 23.8 Å². The monoisotopic (exact) mass is 284 g/mol. The topological polar surface area (TPSA) is 33.4 Å². The summed E-state index contributed by atoms with van der Waals surface area (Å²) in [7, 11) is 0. The van der Waals surface area contributed by atoms with Gasteiger partial charge in [-0.25, -0.2) is 4.39 Å². The highest BCUT2D eigenvalue weighted by Crippen LogP contribution is 2.28. The summed E-state index contributed by atoms with van der Waals surface area (Å²) < 4.78 is 19.0. The first-order chi connectivity index (χ1) is 7.68. The van der Waals surface area contributed by atoms with Gasteiger partial charge in [-0.15, -0.1) is 0 Å². The molecular formula is C12H10BrFO2. The van der Waals surface area contributed by atoms with E-state index in [0.717, 1.165) is 5.56 Å². The van der Waals surface area contributed by atoms with Crippen molar-refractivity contribution < 1.29 is 13.9 Å². The van der Waals surface area contributed by atoms with E-state index < -0.39 is 11.9 Å². The Labute approximate surface area is 101 Å². The van der Waals surface area contributed by atoms with E-state index in [9.17, 15) is 9.50 Å². The van der Waals surface area contributed by atoms with E-state index in [0.29, 0.717) is 10.9 Å². The second-order valence-electron chi connectivity index (χ2n) is 3.49. The summed E-state index contributed by atoms with van der Waals surface area (Å²) in [5.41, 5.74) is 1.12. The normalized spacial score (nSPS) is 12.7. The largest absolute Gasteiger partial charge is 0.472 e. The van der Waals surface area contributed by atoms with Crippen molar-refractivity contribution in [3.05, 3.63) is 58.2 Å². The lowest BCUT2D eigenvalue weighted by atomic mass is 10.0. The van der Waals surface area contributed by atoms with Crippen molar-refractivity contribution in [2.24, 2.45) is 0 Å². The summed E-state index contributed by atoms with van der Waals surface area (Å²) in [6.45, 7) is 0. The zero-order valence-electron chi connectivity index (χ0n) is 8.36. The second kappa shape index (κ2) is 4.80. The maximum absolute atomic E-state index is 13.5. The van der Waals surface area contributed by atoms with Gasteiger partial charge in [0, 0.05) is 16.5 Å². The molecule has 1 aromatic carbocycles. The Bertz CT molecular complexity index is 448. The highest BCUT2D eigenvalue weighted by atomic mass is 79.9. The molecule has 0 radical (unpaired) electrons. The van der Waals surface area contributed by atoms with Gasteiger partial charge in [-0.1, -0.05) is 22.0 Å². The van der Waals surface area contributed by atoms with Crippen molar-refractivity contribution in [3.63, 3.8) is 0 Å². The molecule has 0 saturated carbocycles. The van der Waals surface area contributed by atoms with Crippen LogP contribution in [-0.2, 0) is 6.42 Å². The number of halogens is 2. The number of furan rings is 1. The van der Waals surface area contributed by atoms with E-state index in [2.05, 4.69) is 15.9 Å². The maximum atomic E-state index is 13.5. The molecule has 0 aliphatic heterocycles. The molecule has 2 rings (SSSR count). The zero-order chi connectivity index (χ0) is 11.5. The van der Waals surface area contributed by atoms with E-state index in [1.807, 2.05) is 0 Å². The Morgan fingerprint density at radius 3 is 2.81 bits per heavy atom. The molecule has 0 bridgehead atoms. The fourth-order valence-corrected chi connectivity index (χ4v) is 2.17. The van der Waals surface area contributed by atoms with E-state index >= 15 is 0 Å². The predicted molar refractivity (Wildman–Crippen MR) is 61.5 cm³/mol. The molecule has 1 atom stereocenters. The number of hydrogen-bond acceptors (Lipinski definition) is 2. The van der Waals surface area contributed by atoms with Gasteiger partial charge in [0.2, 0.25) is 0 Å². The van der Waals surface area contributed by atoms with Crippen LogP contribution in [0.2, 0.25) is 0 Å².